The number of thioether (sulfide) groups is 1. The average Bonchev–Trinajstić information content (AvgIpc) is 3.10. The van der Waals surface area contributed by atoms with Gasteiger partial charge in [-0.25, -0.2) is 4.99 Å². The Hall–Kier alpha value is -2.58. The summed E-state index contributed by atoms with van der Waals surface area (Å²) in [5, 5.41) is 2.20. The lowest BCUT2D eigenvalue weighted by Crippen LogP contribution is -2.50. The van der Waals surface area contributed by atoms with Crippen LogP contribution in [0.3, 0.4) is 0 Å². The van der Waals surface area contributed by atoms with E-state index in [4.69, 9.17) is 5.73 Å². The number of halogens is 6. The molecule has 2 aliphatic heterocycles. The predicted molar refractivity (Wildman–Crippen MR) is 127 cm³/mol. The zero-order valence-electron chi connectivity index (χ0n) is 20.3. The van der Waals surface area contributed by atoms with Gasteiger partial charge in [0.15, 0.2) is 5.66 Å². The van der Waals surface area contributed by atoms with E-state index in [1.807, 2.05) is 6.08 Å². The van der Waals surface area contributed by atoms with Gasteiger partial charge in [-0.05, 0) is 68.2 Å². The van der Waals surface area contributed by atoms with Gasteiger partial charge < -0.3 is 10.2 Å². The average molecular weight is 552 g/mol. The number of carbonyl (C=O) groups is 2. The molecule has 2 heterocycles. The first-order chi connectivity index (χ1) is 17.0. The van der Waals surface area contributed by atoms with E-state index in [1.54, 1.807) is 4.90 Å². The maximum atomic E-state index is 13.5. The Balaban J connectivity index is 1.71. The molecule has 0 saturated carbocycles. The number of nitrogens with two attached hydrogens (primary N) is 1. The Morgan fingerprint density at radius 1 is 1.19 bits per heavy atom. The molecule has 204 valence electrons. The highest BCUT2D eigenvalue weighted by molar-refractivity contribution is 8.18. The molecule has 2 amide bonds. The van der Waals surface area contributed by atoms with Gasteiger partial charge >= 0.3 is 12.4 Å². The quantitative estimate of drug-likeness (QED) is 0.529. The number of nitrogens with one attached hydrogen (secondary N) is 1. The molecule has 1 aromatic carbocycles. The second-order valence-electron chi connectivity index (χ2n) is 9.33. The smallest absolute Gasteiger partial charge is 0.346 e. The Morgan fingerprint density at radius 3 is 2.35 bits per heavy atom. The number of hydrogen-bond donors (Lipinski definition) is 2. The molecule has 1 unspecified atom stereocenters. The minimum Gasteiger partial charge on any atom is -0.346 e. The molecule has 37 heavy (non-hydrogen) atoms. The lowest BCUT2D eigenvalue weighted by Gasteiger charge is -2.31. The number of amidine groups is 1. The van der Waals surface area contributed by atoms with E-state index in [1.165, 1.54) is 25.9 Å². The van der Waals surface area contributed by atoms with Crippen molar-refractivity contribution in [2.75, 3.05) is 27.2 Å². The Labute approximate surface area is 214 Å². The molecular formula is C23H27F6N5O2S. The standard InChI is InChI=1S/C23H27F6N5O2S/c1-21(30,19(35)33(2)3)32-18-17(37-20(36)31-18)10-13-6-8-34(9-7-13)12-14-4-5-15(22(24,25)26)11-16(14)23(27,28)29/h4-5,10-11,13H,6-9,12,30H2,1-3H3,(H,31,32,36). The highest BCUT2D eigenvalue weighted by atomic mass is 32.2. The zero-order valence-corrected chi connectivity index (χ0v) is 21.2. The van der Waals surface area contributed by atoms with Crippen molar-refractivity contribution in [1.82, 2.24) is 15.1 Å². The van der Waals surface area contributed by atoms with Crippen molar-refractivity contribution in [3.05, 3.63) is 45.9 Å². The molecular weight excluding hydrogens is 524 g/mol. The number of carbonyl (C=O) groups excluding carboxylic acids is 2. The van der Waals surface area contributed by atoms with Crippen molar-refractivity contribution >= 4 is 28.7 Å². The number of alkyl halides is 6. The monoisotopic (exact) mass is 551 g/mol. The van der Waals surface area contributed by atoms with Crippen LogP contribution in [-0.2, 0) is 23.7 Å². The summed E-state index contributed by atoms with van der Waals surface area (Å²) < 4.78 is 79.2. The first-order valence-corrected chi connectivity index (χ1v) is 12.1. The second kappa shape index (κ2) is 10.7. The molecule has 2 aliphatic rings. The van der Waals surface area contributed by atoms with Gasteiger partial charge in [0.05, 0.1) is 16.0 Å². The van der Waals surface area contributed by atoms with Gasteiger partial charge in [0.25, 0.3) is 11.1 Å². The summed E-state index contributed by atoms with van der Waals surface area (Å²) in [4.78, 5) is 32.0. The molecule has 0 aromatic heterocycles. The number of hydrogen-bond acceptors (Lipinski definition) is 6. The summed E-state index contributed by atoms with van der Waals surface area (Å²) in [6.45, 7) is 2.08. The maximum Gasteiger partial charge on any atom is 0.416 e. The topological polar surface area (TPSA) is 91.0 Å². The summed E-state index contributed by atoms with van der Waals surface area (Å²) >= 11 is 0.909. The van der Waals surface area contributed by atoms with Crippen LogP contribution in [0.25, 0.3) is 0 Å². The largest absolute Gasteiger partial charge is 0.416 e. The first-order valence-electron chi connectivity index (χ1n) is 11.3. The third-order valence-corrected chi connectivity index (χ3v) is 6.83. The normalized spacial score (nSPS) is 21.8. The molecule has 14 heteroatoms. The summed E-state index contributed by atoms with van der Waals surface area (Å²) in [5.74, 6) is -0.308. The van der Waals surface area contributed by atoms with Crippen molar-refractivity contribution in [2.24, 2.45) is 16.6 Å². The third-order valence-electron chi connectivity index (χ3n) is 6.00. The molecule has 7 nitrogen and oxygen atoms in total. The Bertz CT molecular complexity index is 1110. The van der Waals surface area contributed by atoms with Gasteiger partial charge in [-0.3, -0.25) is 20.2 Å². The lowest BCUT2D eigenvalue weighted by molar-refractivity contribution is -0.143. The fourth-order valence-corrected chi connectivity index (χ4v) is 4.95. The SMILES string of the molecule is CN(C)C(=O)C(C)(N)N=C1NC(=O)SC1=CC1CCN(Cc2ccc(C(F)(F)F)cc2C(F)(F)F)CC1. The minimum absolute atomic E-state index is 0.0278. The van der Waals surface area contributed by atoms with Crippen LogP contribution in [0.4, 0.5) is 31.1 Å². The Kier molecular flexibility index (Phi) is 8.35. The Morgan fingerprint density at radius 2 is 1.81 bits per heavy atom. The number of benzene rings is 1. The summed E-state index contributed by atoms with van der Waals surface area (Å²) in [6.07, 6.45) is -6.87. The van der Waals surface area contributed by atoms with Crippen LogP contribution >= 0.6 is 11.8 Å². The van der Waals surface area contributed by atoms with E-state index in [9.17, 15) is 35.9 Å². The van der Waals surface area contributed by atoms with Crippen LogP contribution in [0.1, 0.15) is 36.5 Å². The number of allylic oxidation sites excluding steroid dienone is 1. The van der Waals surface area contributed by atoms with Crippen molar-refractivity contribution in [3.63, 3.8) is 0 Å². The molecule has 0 radical (unpaired) electrons. The van der Waals surface area contributed by atoms with Crippen molar-refractivity contribution in [1.29, 1.82) is 0 Å². The van der Waals surface area contributed by atoms with E-state index in [0.29, 0.717) is 36.9 Å². The molecule has 3 rings (SSSR count). The minimum atomic E-state index is -4.92. The number of rotatable bonds is 5. The molecule has 0 aliphatic carbocycles. The maximum absolute atomic E-state index is 13.5. The molecule has 2 saturated heterocycles. The van der Waals surface area contributed by atoms with E-state index >= 15 is 0 Å². The fourth-order valence-electron chi connectivity index (χ4n) is 4.15. The number of amides is 2. The fraction of sp³-hybridized carbons (Fsp3) is 0.522. The number of aliphatic imine (C=N–C) groups is 1. The molecule has 0 spiro atoms. The van der Waals surface area contributed by atoms with Gasteiger partial charge in [0.2, 0.25) is 0 Å². The summed E-state index contributed by atoms with van der Waals surface area (Å²) in [7, 11) is 3.06. The zero-order chi connectivity index (χ0) is 27.8. The van der Waals surface area contributed by atoms with E-state index < -0.39 is 35.0 Å². The van der Waals surface area contributed by atoms with Gasteiger partial charge in [-0.2, -0.15) is 26.3 Å². The summed E-state index contributed by atoms with van der Waals surface area (Å²) in [6, 6.07) is 1.70. The molecule has 2 fully saturated rings. The lowest BCUT2D eigenvalue weighted by atomic mass is 9.95. The summed E-state index contributed by atoms with van der Waals surface area (Å²) in [5.41, 5.74) is 1.57. The van der Waals surface area contributed by atoms with E-state index in [0.717, 1.165) is 17.8 Å². The second-order valence-corrected chi connectivity index (χ2v) is 10.3. The van der Waals surface area contributed by atoms with Crippen molar-refractivity contribution in [2.45, 2.75) is 44.3 Å². The first kappa shape index (κ1) is 29.0. The van der Waals surface area contributed by atoms with Gasteiger partial charge in [-0.15, -0.1) is 0 Å². The van der Waals surface area contributed by atoms with Crippen molar-refractivity contribution in [3.8, 4) is 0 Å². The van der Waals surface area contributed by atoms with Crippen LogP contribution in [0.2, 0.25) is 0 Å². The third kappa shape index (κ3) is 7.26. The molecule has 3 N–H and O–H groups in total. The van der Waals surface area contributed by atoms with Crippen molar-refractivity contribution < 1.29 is 35.9 Å². The van der Waals surface area contributed by atoms with Gasteiger partial charge in [0.1, 0.15) is 5.84 Å². The van der Waals surface area contributed by atoms with Crippen LogP contribution in [0, 0.1) is 5.92 Å². The van der Waals surface area contributed by atoms with Crippen LogP contribution < -0.4 is 11.1 Å². The number of likely N-dealkylation sites (N-methyl/N-ethyl adjacent to an activating group) is 1. The highest BCUT2D eigenvalue weighted by Gasteiger charge is 2.39. The molecule has 0 bridgehead atoms. The molecule has 1 atom stereocenters. The van der Waals surface area contributed by atoms with Gasteiger partial charge in [0, 0.05) is 20.6 Å². The number of nitrogens with zero attached hydrogens (tertiary/aromatic N) is 3. The number of piperidine rings is 1. The van der Waals surface area contributed by atoms with Crippen LogP contribution in [-0.4, -0.2) is 59.6 Å². The highest BCUT2D eigenvalue weighted by Crippen LogP contribution is 2.38. The number of likely N-dealkylation sites (tertiary alicyclic amines) is 1. The van der Waals surface area contributed by atoms with Crippen LogP contribution in [0.5, 0.6) is 0 Å². The van der Waals surface area contributed by atoms with E-state index in [2.05, 4.69) is 10.3 Å². The predicted octanol–water partition coefficient (Wildman–Crippen LogP) is 4.44. The molecule has 1 aromatic rings. The van der Waals surface area contributed by atoms with Crippen LogP contribution in [0.15, 0.2) is 34.2 Å². The van der Waals surface area contributed by atoms with Gasteiger partial charge in [-0.1, -0.05) is 12.1 Å². The van der Waals surface area contributed by atoms with E-state index in [-0.39, 0.29) is 35.2 Å².